The van der Waals surface area contributed by atoms with E-state index in [9.17, 15) is 4.79 Å². The Bertz CT molecular complexity index is 1070. The molecule has 1 amide bonds. The molecule has 0 fully saturated rings. The smallest absolute Gasteiger partial charge is 0.238 e. The summed E-state index contributed by atoms with van der Waals surface area (Å²) in [4.78, 5) is 20.0. The monoisotopic (exact) mass is 383 g/mol. The fourth-order valence-corrected chi connectivity index (χ4v) is 3.76. The largest absolute Gasteiger partial charge is 0.325 e. The van der Waals surface area contributed by atoms with Crippen molar-refractivity contribution in [3.8, 4) is 0 Å². The summed E-state index contributed by atoms with van der Waals surface area (Å²) in [6.45, 7) is 2.94. The highest BCUT2D eigenvalue weighted by Gasteiger charge is 2.35. The molecule has 3 aromatic carbocycles. The van der Waals surface area contributed by atoms with E-state index in [1.165, 1.54) is 5.56 Å². The Hall–Kier alpha value is -3.24. The van der Waals surface area contributed by atoms with Crippen molar-refractivity contribution in [1.29, 1.82) is 0 Å². The number of carbonyl (C=O) groups is 1. The van der Waals surface area contributed by atoms with Crippen LogP contribution in [-0.4, -0.2) is 30.6 Å². The summed E-state index contributed by atoms with van der Waals surface area (Å²) in [5.41, 5.74) is 6.81. The molecule has 29 heavy (non-hydrogen) atoms. The predicted octanol–water partition coefficient (Wildman–Crippen LogP) is 4.91. The summed E-state index contributed by atoms with van der Waals surface area (Å²) in [5.74, 6) is -0.454. The van der Waals surface area contributed by atoms with Gasteiger partial charge in [0.05, 0.1) is 11.4 Å². The zero-order chi connectivity index (χ0) is 20.4. The van der Waals surface area contributed by atoms with E-state index in [1.54, 1.807) is 0 Å². The van der Waals surface area contributed by atoms with Crippen LogP contribution in [0.25, 0.3) is 0 Å². The van der Waals surface area contributed by atoms with Crippen LogP contribution in [0.3, 0.4) is 0 Å². The van der Waals surface area contributed by atoms with Crippen LogP contribution in [0.5, 0.6) is 0 Å². The van der Waals surface area contributed by atoms with Gasteiger partial charge in [0.15, 0.2) is 0 Å². The van der Waals surface area contributed by atoms with E-state index in [1.807, 2.05) is 48.5 Å². The molecule has 0 saturated heterocycles. The van der Waals surface area contributed by atoms with E-state index < -0.39 is 5.92 Å². The molecule has 1 aliphatic rings. The average molecular weight is 383 g/mol. The molecule has 0 aliphatic carbocycles. The van der Waals surface area contributed by atoms with E-state index in [0.29, 0.717) is 0 Å². The third kappa shape index (κ3) is 4.13. The van der Waals surface area contributed by atoms with Gasteiger partial charge in [-0.05, 0) is 55.9 Å². The van der Waals surface area contributed by atoms with Crippen LogP contribution in [0.15, 0.2) is 77.8 Å². The summed E-state index contributed by atoms with van der Waals surface area (Å²) >= 11 is 0. The van der Waals surface area contributed by atoms with Crippen molar-refractivity contribution in [2.24, 2.45) is 4.99 Å². The number of rotatable bonds is 5. The zero-order valence-electron chi connectivity index (χ0n) is 17.0. The first-order valence-electron chi connectivity index (χ1n) is 9.80. The van der Waals surface area contributed by atoms with Crippen molar-refractivity contribution in [2.75, 3.05) is 19.4 Å². The molecular formula is C25H25N3O. The number of fused-ring (bicyclic) bond motifs is 1. The maximum Gasteiger partial charge on any atom is 0.238 e. The molecule has 0 bridgehead atoms. The Labute approximate surface area is 171 Å². The second kappa shape index (κ2) is 8.02. The van der Waals surface area contributed by atoms with Gasteiger partial charge in [-0.2, -0.15) is 0 Å². The fourth-order valence-electron chi connectivity index (χ4n) is 3.76. The van der Waals surface area contributed by atoms with Crippen molar-refractivity contribution in [2.45, 2.75) is 19.4 Å². The van der Waals surface area contributed by atoms with Crippen LogP contribution >= 0.6 is 0 Å². The van der Waals surface area contributed by atoms with Gasteiger partial charge in [-0.3, -0.25) is 9.79 Å². The van der Waals surface area contributed by atoms with Gasteiger partial charge in [-0.15, -0.1) is 0 Å². The number of benzene rings is 3. The molecule has 3 aromatic rings. The number of hydrogen-bond donors (Lipinski definition) is 1. The summed E-state index contributed by atoms with van der Waals surface area (Å²) in [7, 11) is 4.11. The minimum Gasteiger partial charge on any atom is -0.325 e. The average Bonchev–Trinajstić information content (AvgIpc) is 3.02. The minimum atomic E-state index is -0.422. The molecule has 1 heterocycles. The van der Waals surface area contributed by atoms with Crippen LogP contribution < -0.4 is 5.32 Å². The number of hydrogen-bond acceptors (Lipinski definition) is 3. The first-order chi connectivity index (χ1) is 14.0. The van der Waals surface area contributed by atoms with E-state index in [2.05, 4.69) is 55.5 Å². The highest BCUT2D eigenvalue weighted by Crippen LogP contribution is 2.36. The number of aliphatic imine (C=N–C) groups is 1. The lowest BCUT2D eigenvalue weighted by Gasteiger charge is -2.15. The standard InChI is InChI=1S/C25H25N3O/c1-17-7-6-8-19(15-17)24(23-21-9-4-5-10-22(21)27-25(23)29)26-20-13-11-18(12-14-20)16-28(2)3/h4-15,23H,16H2,1-3H3,(H,27,29). The highest BCUT2D eigenvalue weighted by atomic mass is 16.2. The summed E-state index contributed by atoms with van der Waals surface area (Å²) in [6, 6.07) is 24.3. The number of para-hydroxylation sites is 1. The van der Waals surface area contributed by atoms with Crippen LogP contribution in [0.2, 0.25) is 0 Å². The quantitative estimate of drug-likeness (QED) is 0.636. The minimum absolute atomic E-state index is 0.0318. The van der Waals surface area contributed by atoms with Gasteiger partial charge in [0.2, 0.25) is 5.91 Å². The lowest BCUT2D eigenvalue weighted by atomic mass is 9.90. The third-order valence-corrected chi connectivity index (χ3v) is 5.06. The Kier molecular flexibility index (Phi) is 5.28. The highest BCUT2D eigenvalue weighted by molar-refractivity contribution is 6.24. The molecule has 0 aromatic heterocycles. The molecule has 1 atom stereocenters. The van der Waals surface area contributed by atoms with Gasteiger partial charge in [0.25, 0.3) is 0 Å². The first kappa shape index (κ1) is 19.1. The molecule has 0 radical (unpaired) electrons. The Morgan fingerprint density at radius 1 is 1.00 bits per heavy atom. The van der Waals surface area contributed by atoms with Gasteiger partial charge in [-0.25, -0.2) is 0 Å². The van der Waals surface area contributed by atoms with Crippen LogP contribution in [-0.2, 0) is 11.3 Å². The van der Waals surface area contributed by atoms with Gasteiger partial charge in [0, 0.05) is 12.2 Å². The number of amides is 1. The number of anilines is 1. The zero-order valence-corrected chi connectivity index (χ0v) is 17.0. The Balaban J connectivity index is 1.80. The van der Waals surface area contributed by atoms with E-state index >= 15 is 0 Å². The lowest BCUT2D eigenvalue weighted by molar-refractivity contribution is -0.115. The molecule has 1 N–H and O–H groups in total. The van der Waals surface area contributed by atoms with E-state index in [0.717, 1.165) is 40.3 Å². The van der Waals surface area contributed by atoms with Gasteiger partial charge in [-0.1, -0.05) is 60.2 Å². The second-order valence-corrected chi connectivity index (χ2v) is 7.78. The molecule has 0 saturated carbocycles. The Morgan fingerprint density at radius 3 is 2.48 bits per heavy atom. The molecule has 4 nitrogen and oxygen atoms in total. The topological polar surface area (TPSA) is 44.7 Å². The van der Waals surface area contributed by atoms with Crippen LogP contribution in [0.4, 0.5) is 11.4 Å². The first-order valence-corrected chi connectivity index (χ1v) is 9.80. The number of nitrogens with one attached hydrogen (secondary N) is 1. The molecule has 4 heteroatoms. The maximum atomic E-state index is 12.9. The number of nitrogens with zero attached hydrogens (tertiary/aromatic N) is 2. The molecule has 1 unspecified atom stereocenters. The molecule has 4 rings (SSSR count). The Morgan fingerprint density at radius 2 is 1.76 bits per heavy atom. The second-order valence-electron chi connectivity index (χ2n) is 7.78. The van der Waals surface area contributed by atoms with Crippen LogP contribution in [0.1, 0.15) is 28.2 Å². The normalized spacial score (nSPS) is 16.1. The molecule has 1 aliphatic heterocycles. The lowest BCUT2D eigenvalue weighted by Crippen LogP contribution is -2.22. The van der Waals surface area contributed by atoms with Crippen molar-refractivity contribution in [3.63, 3.8) is 0 Å². The summed E-state index contributed by atoms with van der Waals surface area (Å²) in [5, 5.41) is 3.00. The molecule has 146 valence electrons. The molecule has 0 spiro atoms. The van der Waals surface area contributed by atoms with E-state index in [-0.39, 0.29) is 5.91 Å². The van der Waals surface area contributed by atoms with Crippen LogP contribution in [0, 0.1) is 6.92 Å². The van der Waals surface area contributed by atoms with Gasteiger partial charge < -0.3 is 10.2 Å². The van der Waals surface area contributed by atoms with E-state index in [4.69, 9.17) is 4.99 Å². The SMILES string of the molecule is Cc1cccc(C(=Nc2ccc(CN(C)C)cc2)C2C(=O)Nc3ccccc32)c1. The number of aryl methyl sites for hydroxylation is 1. The van der Waals surface area contributed by atoms with Crippen molar-refractivity contribution < 1.29 is 4.79 Å². The van der Waals surface area contributed by atoms with Crippen molar-refractivity contribution >= 4 is 23.0 Å². The fraction of sp³-hybridized carbons (Fsp3) is 0.200. The maximum absolute atomic E-state index is 12.9. The van der Waals surface area contributed by atoms with Gasteiger partial charge >= 0.3 is 0 Å². The van der Waals surface area contributed by atoms with Crippen molar-refractivity contribution in [3.05, 3.63) is 95.1 Å². The van der Waals surface area contributed by atoms with Gasteiger partial charge in [0.1, 0.15) is 5.92 Å². The third-order valence-electron chi connectivity index (χ3n) is 5.06. The summed E-state index contributed by atoms with van der Waals surface area (Å²) < 4.78 is 0. The molecular weight excluding hydrogens is 358 g/mol. The summed E-state index contributed by atoms with van der Waals surface area (Å²) in [6.07, 6.45) is 0. The number of carbonyl (C=O) groups excluding carboxylic acids is 1. The predicted molar refractivity (Wildman–Crippen MR) is 119 cm³/mol. The van der Waals surface area contributed by atoms with Crippen molar-refractivity contribution in [1.82, 2.24) is 4.90 Å².